The summed E-state index contributed by atoms with van der Waals surface area (Å²) in [4.78, 5) is 3.87. The Kier molecular flexibility index (Phi) is 3.48. The smallest absolute Gasteiger partial charge is 0.301 e. The number of nitrogens with one attached hydrogen (secondary N) is 1. The first-order valence-electron chi connectivity index (χ1n) is 4.16. The van der Waals surface area contributed by atoms with E-state index in [2.05, 4.69) is 9.71 Å². The minimum Gasteiger partial charge on any atom is -0.481 e. The molecule has 0 fully saturated rings. The second-order valence-electron chi connectivity index (χ2n) is 2.98. The summed E-state index contributed by atoms with van der Waals surface area (Å²) in [7, 11) is 0.911. The fraction of sp³-hybridized carbons (Fsp3) is 0.375. The highest BCUT2D eigenvalue weighted by Crippen LogP contribution is 2.12. The zero-order valence-electron chi connectivity index (χ0n) is 8.76. The van der Waals surface area contributed by atoms with Gasteiger partial charge in [-0.15, -0.1) is 0 Å². The molecular formula is C8H13N3O3S. The van der Waals surface area contributed by atoms with Gasteiger partial charge in [0.25, 0.3) is 0 Å². The Labute approximate surface area is 89.1 Å². The van der Waals surface area contributed by atoms with Gasteiger partial charge in [-0.05, 0) is 6.07 Å². The SMILES string of the molecule is COc1ccc(NS(=O)(=O)N(C)C)cn1. The van der Waals surface area contributed by atoms with Gasteiger partial charge >= 0.3 is 10.2 Å². The van der Waals surface area contributed by atoms with Gasteiger partial charge in [-0.2, -0.15) is 12.7 Å². The van der Waals surface area contributed by atoms with Crippen molar-refractivity contribution in [3.05, 3.63) is 18.3 Å². The van der Waals surface area contributed by atoms with Crippen molar-refractivity contribution in [3.8, 4) is 5.88 Å². The van der Waals surface area contributed by atoms with Crippen molar-refractivity contribution in [2.45, 2.75) is 0 Å². The molecular weight excluding hydrogens is 218 g/mol. The molecule has 0 spiro atoms. The maximum absolute atomic E-state index is 11.4. The van der Waals surface area contributed by atoms with Crippen LogP contribution in [-0.4, -0.2) is 38.9 Å². The highest BCUT2D eigenvalue weighted by Gasteiger charge is 2.12. The van der Waals surface area contributed by atoms with Gasteiger partial charge in [0.15, 0.2) is 0 Å². The zero-order valence-corrected chi connectivity index (χ0v) is 9.58. The summed E-state index contributed by atoms with van der Waals surface area (Å²) >= 11 is 0. The summed E-state index contributed by atoms with van der Waals surface area (Å²) in [6.07, 6.45) is 1.39. The topological polar surface area (TPSA) is 71.5 Å². The van der Waals surface area contributed by atoms with Gasteiger partial charge in [-0.25, -0.2) is 4.98 Å². The van der Waals surface area contributed by atoms with Crippen LogP contribution >= 0.6 is 0 Å². The third-order valence-electron chi connectivity index (χ3n) is 1.67. The summed E-state index contributed by atoms with van der Waals surface area (Å²) in [5.41, 5.74) is 0.393. The first-order valence-corrected chi connectivity index (χ1v) is 5.60. The summed E-state index contributed by atoms with van der Waals surface area (Å²) in [6, 6.07) is 3.15. The highest BCUT2D eigenvalue weighted by molar-refractivity contribution is 7.90. The molecule has 0 saturated carbocycles. The third kappa shape index (κ3) is 3.07. The Bertz CT molecular complexity index is 413. The number of hydrogen-bond acceptors (Lipinski definition) is 4. The van der Waals surface area contributed by atoms with Gasteiger partial charge in [-0.1, -0.05) is 0 Å². The molecule has 1 rings (SSSR count). The Morgan fingerprint density at radius 2 is 2.07 bits per heavy atom. The number of hydrogen-bond donors (Lipinski definition) is 1. The summed E-state index contributed by atoms with van der Waals surface area (Å²) in [6.45, 7) is 0. The van der Waals surface area contributed by atoms with Crippen molar-refractivity contribution in [3.63, 3.8) is 0 Å². The van der Waals surface area contributed by atoms with Crippen LogP contribution in [0.4, 0.5) is 5.69 Å². The maximum atomic E-state index is 11.4. The number of pyridine rings is 1. The van der Waals surface area contributed by atoms with Crippen LogP contribution < -0.4 is 9.46 Å². The van der Waals surface area contributed by atoms with Crippen LogP contribution in [0, 0.1) is 0 Å². The molecule has 0 bridgehead atoms. The molecule has 0 amide bonds. The normalized spacial score (nSPS) is 11.5. The van der Waals surface area contributed by atoms with Gasteiger partial charge in [0.1, 0.15) is 0 Å². The second-order valence-corrected chi connectivity index (χ2v) is 4.86. The summed E-state index contributed by atoms with van der Waals surface area (Å²) < 4.78 is 31.1. The number of ether oxygens (including phenoxy) is 1. The molecule has 0 saturated heterocycles. The van der Waals surface area contributed by atoms with Crippen molar-refractivity contribution in [1.29, 1.82) is 0 Å². The molecule has 0 unspecified atom stereocenters. The van der Waals surface area contributed by atoms with Gasteiger partial charge in [0, 0.05) is 20.2 Å². The first kappa shape index (κ1) is 11.7. The maximum Gasteiger partial charge on any atom is 0.301 e. The average Bonchev–Trinajstić information content (AvgIpc) is 2.18. The van der Waals surface area contributed by atoms with Crippen LogP contribution in [0.2, 0.25) is 0 Å². The Morgan fingerprint density at radius 3 is 2.47 bits per heavy atom. The van der Waals surface area contributed by atoms with Crippen LogP contribution in [0.3, 0.4) is 0 Å². The van der Waals surface area contributed by atoms with E-state index in [0.717, 1.165) is 4.31 Å². The second kappa shape index (κ2) is 4.45. The molecule has 0 aromatic carbocycles. The van der Waals surface area contributed by atoms with E-state index in [-0.39, 0.29) is 0 Å². The lowest BCUT2D eigenvalue weighted by atomic mass is 10.4. The molecule has 0 radical (unpaired) electrons. The molecule has 6 nitrogen and oxygen atoms in total. The lowest BCUT2D eigenvalue weighted by Crippen LogP contribution is -2.28. The van der Waals surface area contributed by atoms with E-state index in [1.165, 1.54) is 27.4 Å². The number of methoxy groups -OCH3 is 1. The Hall–Kier alpha value is -1.34. The lowest BCUT2D eigenvalue weighted by molar-refractivity contribution is 0.398. The van der Waals surface area contributed by atoms with Gasteiger partial charge in [0.05, 0.1) is 19.0 Å². The standard InChI is InChI=1S/C8H13N3O3S/c1-11(2)15(12,13)10-7-4-5-8(14-3)9-6-7/h4-6,10H,1-3H3. The molecule has 1 aromatic heterocycles. The van der Waals surface area contributed by atoms with E-state index in [4.69, 9.17) is 4.74 Å². The fourth-order valence-electron chi connectivity index (χ4n) is 0.802. The fourth-order valence-corrected chi connectivity index (χ4v) is 1.40. The quantitative estimate of drug-likeness (QED) is 0.809. The molecule has 0 atom stereocenters. The molecule has 1 N–H and O–H groups in total. The average molecular weight is 231 g/mol. The number of rotatable bonds is 4. The molecule has 0 aliphatic heterocycles. The van der Waals surface area contributed by atoms with Crippen molar-refractivity contribution in [2.75, 3.05) is 25.9 Å². The molecule has 15 heavy (non-hydrogen) atoms. The minimum absolute atomic E-state index is 0.393. The Balaban J connectivity index is 2.82. The summed E-state index contributed by atoms with van der Waals surface area (Å²) in [5.74, 6) is 0.433. The molecule has 1 heterocycles. The third-order valence-corrected chi connectivity index (χ3v) is 3.13. The number of anilines is 1. The van der Waals surface area contributed by atoms with E-state index >= 15 is 0 Å². The van der Waals surface area contributed by atoms with E-state index in [1.807, 2.05) is 0 Å². The van der Waals surface area contributed by atoms with E-state index in [1.54, 1.807) is 12.1 Å². The number of nitrogens with zero attached hydrogens (tertiary/aromatic N) is 2. The largest absolute Gasteiger partial charge is 0.481 e. The van der Waals surface area contributed by atoms with Crippen molar-refractivity contribution < 1.29 is 13.2 Å². The van der Waals surface area contributed by atoms with Crippen molar-refractivity contribution >= 4 is 15.9 Å². The van der Waals surface area contributed by atoms with Crippen LogP contribution in [0.5, 0.6) is 5.88 Å². The molecule has 0 aliphatic rings. The van der Waals surface area contributed by atoms with Crippen LogP contribution in [0.25, 0.3) is 0 Å². The van der Waals surface area contributed by atoms with Gasteiger partial charge < -0.3 is 4.74 Å². The zero-order chi connectivity index (χ0) is 11.5. The number of aromatic nitrogens is 1. The van der Waals surface area contributed by atoms with Crippen LogP contribution in [0.1, 0.15) is 0 Å². The van der Waals surface area contributed by atoms with E-state index < -0.39 is 10.2 Å². The van der Waals surface area contributed by atoms with E-state index in [9.17, 15) is 8.42 Å². The van der Waals surface area contributed by atoms with Crippen LogP contribution in [0.15, 0.2) is 18.3 Å². The van der Waals surface area contributed by atoms with Crippen LogP contribution in [-0.2, 0) is 10.2 Å². The summed E-state index contributed by atoms with van der Waals surface area (Å²) in [5, 5.41) is 0. The molecule has 1 aromatic rings. The monoisotopic (exact) mass is 231 g/mol. The van der Waals surface area contributed by atoms with Gasteiger partial charge in [-0.3, -0.25) is 4.72 Å². The predicted molar refractivity (Wildman–Crippen MR) is 57.0 cm³/mol. The van der Waals surface area contributed by atoms with E-state index in [0.29, 0.717) is 11.6 Å². The minimum atomic E-state index is -3.47. The predicted octanol–water partition coefficient (Wildman–Crippen LogP) is 0.308. The first-order chi connectivity index (χ1) is 6.95. The Morgan fingerprint density at radius 1 is 1.40 bits per heavy atom. The van der Waals surface area contributed by atoms with Gasteiger partial charge in [0.2, 0.25) is 5.88 Å². The molecule has 84 valence electrons. The highest BCUT2D eigenvalue weighted by atomic mass is 32.2. The molecule has 7 heteroatoms. The van der Waals surface area contributed by atoms with Crippen molar-refractivity contribution in [1.82, 2.24) is 9.29 Å². The lowest BCUT2D eigenvalue weighted by Gasteiger charge is -2.12. The van der Waals surface area contributed by atoms with Crippen molar-refractivity contribution in [2.24, 2.45) is 0 Å². The molecule has 0 aliphatic carbocycles.